The maximum absolute atomic E-state index is 12.7. The van der Waals surface area contributed by atoms with Crippen molar-refractivity contribution in [1.82, 2.24) is 0 Å². The molecule has 0 amide bonds. The molecule has 0 aliphatic heterocycles. The predicted octanol–water partition coefficient (Wildman–Crippen LogP) is 4.27. The molecule has 3 rings (SSSR count). The van der Waals surface area contributed by atoms with Crippen molar-refractivity contribution < 1.29 is 4.79 Å². The number of ketones is 1. The maximum atomic E-state index is 12.7. The second-order valence-electron chi connectivity index (χ2n) is 5.41. The number of anilines is 1. The van der Waals surface area contributed by atoms with Crippen molar-refractivity contribution >= 4 is 22.2 Å². The highest BCUT2D eigenvalue weighted by Gasteiger charge is 2.14. The first-order valence-corrected chi connectivity index (χ1v) is 6.96. The van der Waals surface area contributed by atoms with E-state index in [2.05, 4.69) is 0 Å². The van der Waals surface area contributed by atoms with Crippen molar-refractivity contribution in [1.29, 1.82) is 0 Å². The fourth-order valence-electron chi connectivity index (χ4n) is 2.49. The quantitative estimate of drug-likeness (QED) is 0.560. The summed E-state index contributed by atoms with van der Waals surface area (Å²) in [5, 5.41) is 2.07. The smallest absolute Gasteiger partial charge is 0.195 e. The minimum Gasteiger partial charge on any atom is -0.398 e. The molecule has 2 heteroatoms. The Balaban J connectivity index is 2.12. The summed E-state index contributed by atoms with van der Waals surface area (Å²) in [7, 11) is 0. The molecule has 0 spiro atoms. The standard InChI is InChI=1S/C19H17NO/c1-12-7-8-16(9-13(12)2)19(21)17-10-14-5-3-4-6-15(14)11-18(17)20/h3-11H,20H2,1-2H3. The Morgan fingerprint density at radius 3 is 2.19 bits per heavy atom. The molecule has 0 aromatic heterocycles. The third-order valence-electron chi connectivity index (χ3n) is 3.93. The van der Waals surface area contributed by atoms with Gasteiger partial charge in [0, 0.05) is 16.8 Å². The molecule has 3 aromatic rings. The van der Waals surface area contributed by atoms with Gasteiger partial charge in [0.25, 0.3) is 0 Å². The zero-order chi connectivity index (χ0) is 15.0. The minimum absolute atomic E-state index is 0.0265. The van der Waals surface area contributed by atoms with Gasteiger partial charge in [-0.05, 0) is 53.9 Å². The molecular formula is C19H17NO. The Hall–Kier alpha value is -2.61. The van der Waals surface area contributed by atoms with Gasteiger partial charge >= 0.3 is 0 Å². The van der Waals surface area contributed by atoms with E-state index in [4.69, 9.17) is 5.73 Å². The van der Waals surface area contributed by atoms with Gasteiger partial charge in [0.2, 0.25) is 0 Å². The van der Waals surface area contributed by atoms with E-state index in [-0.39, 0.29) is 5.78 Å². The third kappa shape index (κ3) is 2.40. The van der Waals surface area contributed by atoms with Crippen LogP contribution in [0.25, 0.3) is 10.8 Å². The van der Waals surface area contributed by atoms with Crippen LogP contribution in [-0.2, 0) is 0 Å². The normalized spacial score (nSPS) is 10.8. The topological polar surface area (TPSA) is 43.1 Å². The molecule has 104 valence electrons. The molecule has 0 aliphatic carbocycles. The highest BCUT2D eigenvalue weighted by molar-refractivity contribution is 6.14. The molecule has 3 aromatic carbocycles. The number of carbonyl (C=O) groups is 1. The van der Waals surface area contributed by atoms with E-state index in [1.165, 1.54) is 5.56 Å². The third-order valence-corrected chi connectivity index (χ3v) is 3.93. The van der Waals surface area contributed by atoms with Crippen molar-refractivity contribution in [3.8, 4) is 0 Å². The summed E-state index contributed by atoms with van der Waals surface area (Å²) in [6.07, 6.45) is 0. The van der Waals surface area contributed by atoms with Crippen LogP contribution in [0.1, 0.15) is 27.0 Å². The van der Waals surface area contributed by atoms with E-state index in [0.717, 1.165) is 16.3 Å². The number of carbonyl (C=O) groups excluding carboxylic acids is 1. The predicted molar refractivity (Wildman–Crippen MR) is 87.7 cm³/mol. The average Bonchev–Trinajstić information content (AvgIpc) is 2.48. The molecule has 0 heterocycles. The van der Waals surface area contributed by atoms with E-state index >= 15 is 0 Å². The first-order chi connectivity index (χ1) is 10.1. The number of nitrogens with two attached hydrogens (primary N) is 1. The lowest BCUT2D eigenvalue weighted by Gasteiger charge is -2.09. The fraction of sp³-hybridized carbons (Fsp3) is 0.105. The van der Waals surface area contributed by atoms with Gasteiger partial charge < -0.3 is 5.73 Å². The summed E-state index contributed by atoms with van der Waals surface area (Å²) in [6.45, 7) is 4.05. The number of fused-ring (bicyclic) bond motifs is 1. The number of aryl methyl sites for hydroxylation is 2. The Labute approximate surface area is 124 Å². The molecule has 0 saturated heterocycles. The number of hydrogen-bond donors (Lipinski definition) is 1. The van der Waals surface area contributed by atoms with Gasteiger partial charge in [0.1, 0.15) is 0 Å². The summed E-state index contributed by atoms with van der Waals surface area (Å²) in [5.41, 5.74) is 10.1. The maximum Gasteiger partial charge on any atom is 0.195 e. The molecular weight excluding hydrogens is 258 g/mol. The van der Waals surface area contributed by atoms with E-state index in [1.54, 1.807) is 0 Å². The monoisotopic (exact) mass is 275 g/mol. The lowest BCUT2D eigenvalue weighted by Crippen LogP contribution is -2.06. The van der Waals surface area contributed by atoms with Crippen molar-refractivity contribution in [2.24, 2.45) is 0 Å². The SMILES string of the molecule is Cc1ccc(C(=O)c2cc3ccccc3cc2N)cc1C. The van der Waals surface area contributed by atoms with Crippen LogP contribution in [0.4, 0.5) is 5.69 Å². The molecule has 0 fully saturated rings. The lowest BCUT2D eigenvalue weighted by atomic mass is 9.96. The van der Waals surface area contributed by atoms with E-state index in [9.17, 15) is 4.79 Å². The highest BCUT2D eigenvalue weighted by Crippen LogP contribution is 2.24. The number of nitrogen functional groups attached to an aromatic ring is 1. The van der Waals surface area contributed by atoms with Crippen molar-refractivity contribution in [3.63, 3.8) is 0 Å². The summed E-state index contributed by atoms with van der Waals surface area (Å²) in [4.78, 5) is 12.7. The first kappa shape index (κ1) is 13.4. The van der Waals surface area contributed by atoms with Crippen LogP contribution < -0.4 is 5.73 Å². The van der Waals surface area contributed by atoms with Crippen LogP contribution >= 0.6 is 0 Å². The number of hydrogen-bond acceptors (Lipinski definition) is 2. The Bertz CT molecular complexity index is 849. The van der Waals surface area contributed by atoms with E-state index in [1.807, 2.05) is 68.4 Å². The van der Waals surface area contributed by atoms with Crippen molar-refractivity contribution in [2.75, 3.05) is 5.73 Å². The van der Waals surface area contributed by atoms with Gasteiger partial charge in [0.05, 0.1) is 0 Å². The van der Waals surface area contributed by atoms with E-state index < -0.39 is 0 Å². The molecule has 0 atom stereocenters. The fourth-order valence-corrected chi connectivity index (χ4v) is 2.49. The van der Waals surface area contributed by atoms with Crippen LogP contribution in [0.2, 0.25) is 0 Å². The van der Waals surface area contributed by atoms with Crippen LogP contribution in [0.15, 0.2) is 54.6 Å². The largest absolute Gasteiger partial charge is 0.398 e. The van der Waals surface area contributed by atoms with Gasteiger partial charge in [-0.3, -0.25) is 4.79 Å². The Morgan fingerprint density at radius 2 is 1.52 bits per heavy atom. The zero-order valence-electron chi connectivity index (χ0n) is 12.2. The zero-order valence-corrected chi connectivity index (χ0v) is 12.2. The van der Waals surface area contributed by atoms with Gasteiger partial charge in [-0.2, -0.15) is 0 Å². The molecule has 0 radical (unpaired) electrons. The summed E-state index contributed by atoms with van der Waals surface area (Å²) in [5.74, 6) is -0.0265. The average molecular weight is 275 g/mol. The van der Waals surface area contributed by atoms with Gasteiger partial charge in [-0.25, -0.2) is 0 Å². The van der Waals surface area contributed by atoms with Gasteiger partial charge in [0.15, 0.2) is 5.78 Å². The van der Waals surface area contributed by atoms with Gasteiger partial charge in [-0.1, -0.05) is 36.4 Å². The van der Waals surface area contributed by atoms with Crippen LogP contribution in [-0.4, -0.2) is 5.78 Å². The summed E-state index contributed by atoms with van der Waals surface area (Å²) >= 11 is 0. The van der Waals surface area contributed by atoms with Crippen molar-refractivity contribution in [3.05, 3.63) is 76.9 Å². The molecule has 0 unspecified atom stereocenters. The highest BCUT2D eigenvalue weighted by atomic mass is 16.1. The van der Waals surface area contributed by atoms with Crippen molar-refractivity contribution in [2.45, 2.75) is 13.8 Å². The molecule has 0 bridgehead atoms. The summed E-state index contributed by atoms with van der Waals surface area (Å²) < 4.78 is 0. The molecule has 0 saturated carbocycles. The second kappa shape index (κ2) is 5.06. The molecule has 2 N–H and O–H groups in total. The summed E-state index contributed by atoms with van der Waals surface area (Å²) in [6, 6.07) is 17.4. The Morgan fingerprint density at radius 1 is 0.857 bits per heavy atom. The van der Waals surface area contributed by atoms with Crippen LogP contribution in [0.3, 0.4) is 0 Å². The van der Waals surface area contributed by atoms with E-state index in [0.29, 0.717) is 16.8 Å². The second-order valence-corrected chi connectivity index (χ2v) is 5.41. The first-order valence-electron chi connectivity index (χ1n) is 6.96. The van der Waals surface area contributed by atoms with Crippen LogP contribution in [0.5, 0.6) is 0 Å². The lowest BCUT2D eigenvalue weighted by molar-refractivity contribution is 0.103. The molecule has 0 aliphatic rings. The molecule has 2 nitrogen and oxygen atoms in total. The Kier molecular flexibility index (Phi) is 3.22. The number of rotatable bonds is 2. The molecule has 21 heavy (non-hydrogen) atoms. The number of benzene rings is 3. The van der Waals surface area contributed by atoms with Gasteiger partial charge in [-0.15, -0.1) is 0 Å². The minimum atomic E-state index is -0.0265. The van der Waals surface area contributed by atoms with Crippen LogP contribution in [0, 0.1) is 13.8 Å².